The zero-order valence-electron chi connectivity index (χ0n) is 14.0. The topological polar surface area (TPSA) is 50.7 Å². The third-order valence-corrected chi connectivity index (χ3v) is 4.83. The number of thioether (sulfide) groups is 1. The molecule has 124 valence electrons. The molecule has 4 rings (SSSR count). The number of H-pyrrole nitrogens is 1. The van der Waals surface area contributed by atoms with Gasteiger partial charge in [0.25, 0.3) is 5.56 Å². The van der Waals surface area contributed by atoms with Gasteiger partial charge < -0.3 is 4.98 Å². The fraction of sp³-hybridized carbons (Fsp3) is 0.100. The second kappa shape index (κ2) is 6.26. The average Bonchev–Trinajstić information content (AvgIpc) is 3.06. The van der Waals surface area contributed by atoms with Gasteiger partial charge in [-0.1, -0.05) is 54.2 Å². The van der Waals surface area contributed by atoms with Crippen LogP contribution in [0.2, 0.25) is 0 Å². The normalized spacial score (nSPS) is 11.1. The highest BCUT2D eigenvalue weighted by Gasteiger charge is 2.17. The number of rotatable bonds is 3. The van der Waals surface area contributed by atoms with E-state index >= 15 is 0 Å². The van der Waals surface area contributed by atoms with E-state index in [1.54, 1.807) is 4.57 Å². The van der Waals surface area contributed by atoms with Crippen LogP contribution in [0.3, 0.4) is 0 Å². The molecule has 0 bridgehead atoms. The Balaban J connectivity index is 2.02. The van der Waals surface area contributed by atoms with E-state index in [-0.39, 0.29) is 5.56 Å². The number of hydrogen-bond donors (Lipinski definition) is 1. The van der Waals surface area contributed by atoms with Crippen molar-refractivity contribution in [3.8, 4) is 16.8 Å². The van der Waals surface area contributed by atoms with Crippen molar-refractivity contribution in [1.29, 1.82) is 0 Å². The lowest BCUT2D eigenvalue weighted by Crippen LogP contribution is -2.21. The molecule has 2 aromatic heterocycles. The Morgan fingerprint density at radius 3 is 2.60 bits per heavy atom. The van der Waals surface area contributed by atoms with E-state index in [1.165, 1.54) is 11.8 Å². The molecule has 0 saturated carbocycles. The van der Waals surface area contributed by atoms with Gasteiger partial charge in [-0.2, -0.15) is 0 Å². The molecule has 1 N–H and O–H groups in total. The van der Waals surface area contributed by atoms with Crippen LogP contribution in [-0.4, -0.2) is 20.8 Å². The van der Waals surface area contributed by atoms with E-state index in [0.29, 0.717) is 16.2 Å². The average molecular weight is 347 g/mol. The van der Waals surface area contributed by atoms with Crippen LogP contribution in [0.15, 0.2) is 70.7 Å². The van der Waals surface area contributed by atoms with Gasteiger partial charge in [-0.05, 0) is 36.4 Å². The number of nitrogens with one attached hydrogen (secondary N) is 1. The molecule has 0 amide bonds. The quantitative estimate of drug-likeness (QED) is 0.441. The molecule has 2 aromatic carbocycles. The largest absolute Gasteiger partial charge is 0.355 e. The monoisotopic (exact) mass is 347 g/mol. The van der Waals surface area contributed by atoms with Crippen LogP contribution in [0.1, 0.15) is 5.56 Å². The van der Waals surface area contributed by atoms with E-state index in [2.05, 4.69) is 4.98 Å². The maximum absolute atomic E-state index is 13.1. The van der Waals surface area contributed by atoms with Crippen LogP contribution >= 0.6 is 11.8 Å². The summed E-state index contributed by atoms with van der Waals surface area (Å²) >= 11 is 1.47. The minimum absolute atomic E-state index is 0.0814. The van der Waals surface area contributed by atoms with Gasteiger partial charge in [0.05, 0.1) is 5.69 Å². The van der Waals surface area contributed by atoms with Gasteiger partial charge in [-0.3, -0.25) is 9.36 Å². The minimum Gasteiger partial charge on any atom is -0.355 e. The summed E-state index contributed by atoms with van der Waals surface area (Å²) in [6, 6.07) is 17.9. The first-order chi connectivity index (χ1) is 12.2. The lowest BCUT2D eigenvalue weighted by molar-refractivity contribution is 0.819. The summed E-state index contributed by atoms with van der Waals surface area (Å²) in [5.74, 6) is 0. The predicted molar refractivity (Wildman–Crippen MR) is 104 cm³/mol. The Morgan fingerprint density at radius 1 is 1.08 bits per heavy atom. The van der Waals surface area contributed by atoms with Crippen LogP contribution in [0.25, 0.3) is 27.8 Å². The summed E-state index contributed by atoms with van der Waals surface area (Å²) < 4.78 is 1.67. The molecule has 0 saturated heterocycles. The Bertz CT molecular complexity index is 1110. The SMILES string of the molecule is CSc1nc2c(-c3ccccc3)c[nH]c2c(=O)n1-c1cccc(C)c1. The lowest BCUT2D eigenvalue weighted by Gasteiger charge is -2.11. The van der Waals surface area contributed by atoms with Gasteiger partial charge >= 0.3 is 0 Å². The summed E-state index contributed by atoms with van der Waals surface area (Å²) in [6.07, 6.45) is 3.80. The number of aromatic nitrogens is 3. The highest BCUT2D eigenvalue weighted by molar-refractivity contribution is 7.98. The number of aryl methyl sites for hydroxylation is 1. The van der Waals surface area contributed by atoms with Crippen molar-refractivity contribution in [3.63, 3.8) is 0 Å². The van der Waals surface area contributed by atoms with Gasteiger partial charge in [0.1, 0.15) is 11.0 Å². The van der Waals surface area contributed by atoms with Crippen LogP contribution in [-0.2, 0) is 0 Å². The van der Waals surface area contributed by atoms with Gasteiger partial charge in [-0.25, -0.2) is 4.98 Å². The number of benzene rings is 2. The molecule has 4 nitrogen and oxygen atoms in total. The molecule has 4 aromatic rings. The smallest absolute Gasteiger partial charge is 0.283 e. The van der Waals surface area contributed by atoms with Gasteiger partial charge in [0.2, 0.25) is 0 Å². The van der Waals surface area contributed by atoms with Crippen LogP contribution < -0.4 is 5.56 Å². The Morgan fingerprint density at radius 2 is 1.88 bits per heavy atom. The maximum Gasteiger partial charge on any atom is 0.283 e. The number of aromatic amines is 1. The predicted octanol–water partition coefficient (Wildman–Crippen LogP) is 4.41. The van der Waals surface area contributed by atoms with E-state index in [4.69, 9.17) is 4.98 Å². The Hall–Kier alpha value is -2.79. The Labute approximate surface area is 149 Å². The molecule has 0 aliphatic carbocycles. The fourth-order valence-corrected chi connectivity index (χ4v) is 3.56. The van der Waals surface area contributed by atoms with E-state index in [1.807, 2.05) is 74.0 Å². The van der Waals surface area contributed by atoms with Crippen LogP contribution in [0.4, 0.5) is 0 Å². The molecule has 25 heavy (non-hydrogen) atoms. The van der Waals surface area contributed by atoms with Crippen molar-refractivity contribution in [2.75, 3.05) is 6.26 Å². The molecular weight excluding hydrogens is 330 g/mol. The molecule has 5 heteroatoms. The third-order valence-electron chi connectivity index (χ3n) is 4.20. The zero-order chi connectivity index (χ0) is 17.4. The first kappa shape index (κ1) is 15.7. The zero-order valence-corrected chi connectivity index (χ0v) is 14.8. The van der Waals surface area contributed by atoms with Crippen molar-refractivity contribution in [3.05, 3.63) is 76.7 Å². The van der Waals surface area contributed by atoms with Crippen molar-refractivity contribution in [2.45, 2.75) is 12.1 Å². The van der Waals surface area contributed by atoms with Gasteiger partial charge in [-0.15, -0.1) is 0 Å². The molecule has 0 fully saturated rings. The van der Waals surface area contributed by atoms with Gasteiger partial charge in [0, 0.05) is 11.8 Å². The first-order valence-electron chi connectivity index (χ1n) is 7.99. The molecule has 2 heterocycles. The second-order valence-electron chi connectivity index (χ2n) is 5.87. The molecule has 0 aliphatic rings. The van der Waals surface area contributed by atoms with E-state index in [0.717, 1.165) is 22.4 Å². The van der Waals surface area contributed by atoms with Crippen molar-refractivity contribution in [2.24, 2.45) is 0 Å². The molecule has 0 radical (unpaired) electrons. The first-order valence-corrected chi connectivity index (χ1v) is 9.22. The molecule has 0 spiro atoms. The lowest BCUT2D eigenvalue weighted by atomic mass is 10.1. The fourth-order valence-electron chi connectivity index (χ4n) is 3.01. The second-order valence-corrected chi connectivity index (χ2v) is 6.64. The molecular formula is C20H17N3OS. The highest BCUT2D eigenvalue weighted by atomic mass is 32.2. The highest BCUT2D eigenvalue weighted by Crippen LogP contribution is 2.28. The van der Waals surface area contributed by atoms with Crippen molar-refractivity contribution < 1.29 is 0 Å². The van der Waals surface area contributed by atoms with E-state index in [9.17, 15) is 4.79 Å². The molecule has 0 aliphatic heterocycles. The molecule has 0 unspecified atom stereocenters. The summed E-state index contributed by atoms with van der Waals surface area (Å²) in [7, 11) is 0. The van der Waals surface area contributed by atoms with Crippen molar-refractivity contribution in [1.82, 2.24) is 14.5 Å². The number of hydrogen-bond acceptors (Lipinski definition) is 3. The van der Waals surface area contributed by atoms with Crippen LogP contribution in [0, 0.1) is 6.92 Å². The van der Waals surface area contributed by atoms with Crippen molar-refractivity contribution >= 4 is 22.8 Å². The number of nitrogens with zero attached hydrogens (tertiary/aromatic N) is 2. The van der Waals surface area contributed by atoms with Crippen LogP contribution in [0.5, 0.6) is 0 Å². The summed E-state index contributed by atoms with van der Waals surface area (Å²) in [5.41, 5.74) is 5.08. The van der Waals surface area contributed by atoms with E-state index < -0.39 is 0 Å². The standard InChI is InChI=1S/C20H17N3OS/c1-13-7-6-10-15(11-13)23-19(24)18-17(22-20(23)25-2)16(12-21-18)14-8-4-3-5-9-14/h3-12,21H,1-2H3. The third kappa shape index (κ3) is 2.66. The Kier molecular flexibility index (Phi) is 3.93. The molecule has 0 atom stereocenters. The number of fused-ring (bicyclic) bond motifs is 1. The summed E-state index contributed by atoms with van der Waals surface area (Å²) in [6.45, 7) is 2.02. The summed E-state index contributed by atoms with van der Waals surface area (Å²) in [5, 5.41) is 0.680. The summed E-state index contributed by atoms with van der Waals surface area (Å²) in [4.78, 5) is 21.1. The maximum atomic E-state index is 13.1. The minimum atomic E-state index is -0.0814. The van der Waals surface area contributed by atoms with Gasteiger partial charge in [0.15, 0.2) is 5.16 Å².